The van der Waals surface area contributed by atoms with Crippen LogP contribution in [-0.4, -0.2) is 23.8 Å². The van der Waals surface area contributed by atoms with Crippen molar-refractivity contribution in [3.05, 3.63) is 29.3 Å². The summed E-state index contributed by atoms with van der Waals surface area (Å²) in [6, 6.07) is 5.40. The van der Waals surface area contributed by atoms with Gasteiger partial charge in [-0.2, -0.15) is 18.4 Å². The summed E-state index contributed by atoms with van der Waals surface area (Å²) in [4.78, 5) is 1.69. The van der Waals surface area contributed by atoms with Crippen LogP contribution in [-0.2, 0) is 6.18 Å². The average Bonchev–Trinajstić information content (AvgIpc) is 2.52. The second-order valence-electron chi connectivity index (χ2n) is 6.58. The van der Waals surface area contributed by atoms with Crippen LogP contribution in [0.25, 0.3) is 0 Å². The number of alkyl halides is 3. The highest BCUT2D eigenvalue weighted by Crippen LogP contribution is 2.43. The first-order chi connectivity index (χ1) is 10.8. The number of anilines is 1. The van der Waals surface area contributed by atoms with Crippen LogP contribution < -0.4 is 4.90 Å². The molecule has 3 rings (SSSR count). The van der Waals surface area contributed by atoms with Crippen LogP contribution in [0.1, 0.15) is 43.2 Å². The Morgan fingerprint density at radius 1 is 1.26 bits per heavy atom. The smallest absolute Gasteiger partial charge is 0.389 e. The Kier molecular flexibility index (Phi) is 4.01. The van der Waals surface area contributed by atoms with E-state index in [4.69, 9.17) is 5.26 Å². The fraction of sp³-hybridized carbons (Fsp3) is 0.588. The molecule has 2 aliphatic rings. The third-order valence-electron chi connectivity index (χ3n) is 5.20. The fourth-order valence-corrected chi connectivity index (χ4v) is 3.89. The van der Waals surface area contributed by atoms with Crippen molar-refractivity contribution >= 4 is 5.69 Å². The first kappa shape index (κ1) is 16.1. The maximum absolute atomic E-state index is 13.3. The summed E-state index contributed by atoms with van der Waals surface area (Å²) in [5, 5.41) is 19.7. The summed E-state index contributed by atoms with van der Waals surface area (Å²) in [6.07, 6.45) is -0.423. The Bertz CT molecular complexity index is 638. The van der Waals surface area contributed by atoms with Gasteiger partial charge in [-0.1, -0.05) is 12.8 Å². The minimum absolute atomic E-state index is 0.00294. The van der Waals surface area contributed by atoms with Crippen LogP contribution in [0.15, 0.2) is 18.2 Å². The molecule has 2 unspecified atom stereocenters. The number of rotatable bonds is 1. The van der Waals surface area contributed by atoms with Gasteiger partial charge in [0.1, 0.15) is 0 Å². The monoisotopic (exact) mass is 324 g/mol. The molecule has 1 saturated heterocycles. The number of benzene rings is 1. The normalized spacial score (nSPS) is 28.1. The van der Waals surface area contributed by atoms with Crippen molar-refractivity contribution in [2.45, 2.75) is 43.9 Å². The quantitative estimate of drug-likeness (QED) is 0.857. The van der Waals surface area contributed by atoms with Crippen molar-refractivity contribution in [3.63, 3.8) is 0 Å². The molecule has 2 atom stereocenters. The van der Waals surface area contributed by atoms with Gasteiger partial charge in [0.05, 0.1) is 28.5 Å². The molecule has 3 nitrogen and oxygen atoms in total. The van der Waals surface area contributed by atoms with Gasteiger partial charge < -0.3 is 10.0 Å². The zero-order valence-corrected chi connectivity index (χ0v) is 12.7. The van der Waals surface area contributed by atoms with Gasteiger partial charge in [0.15, 0.2) is 0 Å². The largest absolute Gasteiger partial charge is 0.418 e. The lowest BCUT2D eigenvalue weighted by Gasteiger charge is -2.48. The zero-order chi connectivity index (χ0) is 16.7. The summed E-state index contributed by atoms with van der Waals surface area (Å²) in [5.41, 5.74) is -1.17. The number of hydrogen-bond donors (Lipinski definition) is 1. The number of nitriles is 1. The molecule has 0 amide bonds. The molecule has 1 N–H and O–H groups in total. The topological polar surface area (TPSA) is 47.3 Å². The molecule has 1 aliphatic heterocycles. The molecule has 0 spiro atoms. The van der Waals surface area contributed by atoms with Crippen LogP contribution in [0.2, 0.25) is 0 Å². The van der Waals surface area contributed by atoms with Crippen molar-refractivity contribution < 1.29 is 18.3 Å². The molecule has 6 heteroatoms. The maximum atomic E-state index is 13.3. The van der Waals surface area contributed by atoms with Crippen LogP contribution in [0, 0.1) is 17.2 Å². The molecule has 2 fully saturated rings. The summed E-state index contributed by atoms with van der Waals surface area (Å²) in [7, 11) is 0. The van der Waals surface area contributed by atoms with E-state index in [1.165, 1.54) is 12.1 Å². The number of nitrogens with zero attached hydrogens (tertiary/aromatic N) is 2. The number of hydrogen-bond acceptors (Lipinski definition) is 3. The number of fused-ring (bicyclic) bond motifs is 1. The van der Waals surface area contributed by atoms with Crippen molar-refractivity contribution in [1.82, 2.24) is 0 Å². The van der Waals surface area contributed by atoms with E-state index in [-0.39, 0.29) is 17.2 Å². The first-order valence-electron chi connectivity index (χ1n) is 7.92. The van der Waals surface area contributed by atoms with Gasteiger partial charge in [0.2, 0.25) is 0 Å². The van der Waals surface area contributed by atoms with Gasteiger partial charge in [0.25, 0.3) is 0 Å². The SMILES string of the molecule is N#Cc1ccc(C(F)(F)F)c(N2CCC3(O)CCCCC3C2)c1. The van der Waals surface area contributed by atoms with Gasteiger partial charge in [-0.3, -0.25) is 0 Å². The van der Waals surface area contributed by atoms with E-state index in [0.717, 1.165) is 31.7 Å². The molecule has 1 aliphatic carbocycles. The molecule has 0 bridgehead atoms. The Morgan fingerprint density at radius 3 is 2.74 bits per heavy atom. The lowest BCUT2D eigenvalue weighted by Crippen LogP contribution is -2.53. The second-order valence-corrected chi connectivity index (χ2v) is 6.58. The molecule has 1 aromatic carbocycles. The average molecular weight is 324 g/mol. The van der Waals surface area contributed by atoms with E-state index in [9.17, 15) is 18.3 Å². The highest BCUT2D eigenvalue weighted by Gasteiger charge is 2.44. The second kappa shape index (κ2) is 5.72. The van der Waals surface area contributed by atoms with E-state index in [1.807, 2.05) is 6.07 Å². The molecule has 124 valence electrons. The summed E-state index contributed by atoms with van der Waals surface area (Å²) in [6.45, 7) is 0.791. The lowest BCUT2D eigenvalue weighted by atomic mass is 9.71. The van der Waals surface area contributed by atoms with Crippen molar-refractivity contribution in [2.75, 3.05) is 18.0 Å². The molecule has 1 heterocycles. The minimum atomic E-state index is -4.45. The van der Waals surface area contributed by atoms with Crippen molar-refractivity contribution in [3.8, 4) is 6.07 Å². The summed E-state index contributed by atoms with van der Waals surface area (Å²) in [5.74, 6) is -0.00294. The van der Waals surface area contributed by atoms with Gasteiger partial charge >= 0.3 is 6.18 Å². The van der Waals surface area contributed by atoms with E-state index in [0.29, 0.717) is 19.5 Å². The fourth-order valence-electron chi connectivity index (χ4n) is 3.89. The third kappa shape index (κ3) is 3.02. The van der Waals surface area contributed by atoms with E-state index in [2.05, 4.69) is 0 Å². The Morgan fingerprint density at radius 2 is 2.04 bits per heavy atom. The highest BCUT2D eigenvalue weighted by molar-refractivity contribution is 5.59. The van der Waals surface area contributed by atoms with E-state index in [1.54, 1.807) is 4.90 Å². The summed E-state index contributed by atoms with van der Waals surface area (Å²) >= 11 is 0. The molecular formula is C17H19F3N2O. The van der Waals surface area contributed by atoms with Crippen molar-refractivity contribution in [2.24, 2.45) is 5.92 Å². The van der Waals surface area contributed by atoms with Crippen LogP contribution >= 0.6 is 0 Å². The first-order valence-corrected chi connectivity index (χ1v) is 7.92. The molecule has 0 radical (unpaired) electrons. The van der Waals surface area contributed by atoms with E-state index < -0.39 is 17.3 Å². The minimum Gasteiger partial charge on any atom is -0.389 e. The zero-order valence-electron chi connectivity index (χ0n) is 12.7. The van der Waals surface area contributed by atoms with Gasteiger partial charge in [-0.15, -0.1) is 0 Å². The molecule has 1 aromatic rings. The number of aliphatic hydroxyl groups is 1. The van der Waals surface area contributed by atoms with Crippen LogP contribution in [0.3, 0.4) is 0 Å². The molecule has 23 heavy (non-hydrogen) atoms. The number of piperidine rings is 1. The maximum Gasteiger partial charge on any atom is 0.418 e. The Balaban J connectivity index is 1.94. The van der Waals surface area contributed by atoms with Crippen LogP contribution in [0.4, 0.5) is 18.9 Å². The third-order valence-corrected chi connectivity index (χ3v) is 5.20. The molecule has 0 aromatic heterocycles. The van der Waals surface area contributed by atoms with Crippen LogP contribution in [0.5, 0.6) is 0 Å². The highest BCUT2D eigenvalue weighted by atomic mass is 19.4. The Hall–Kier alpha value is -1.74. The van der Waals surface area contributed by atoms with E-state index >= 15 is 0 Å². The lowest BCUT2D eigenvalue weighted by molar-refractivity contribution is -0.137. The van der Waals surface area contributed by atoms with Gasteiger partial charge in [-0.05, 0) is 37.5 Å². The molecular weight excluding hydrogens is 305 g/mol. The predicted molar refractivity (Wildman–Crippen MR) is 79.9 cm³/mol. The number of halogens is 3. The Labute approximate surface area is 133 Å². The standard InChI is InChI=1S/C17H19F3N2O/c18-17(19,20)14-5-4-12(10-21)9-15(14)22-8-7-16(23)6-2-1-3-13(16)11-22/h4-5,9,13,23H,1-3,6-8,11H2. The van der Waals surface area contributed by atoms with Gasteiger partial charge in [0, 0.05) is 19.0 Å². The molecule has 1 saturated carbocycles. The van der Waals surface area contributed by atoms with Gasteiger partial charge in [-0.25, -0.2) is 0 Å². The van der Waals surface area contributed by atoms with Crippen molar-refractivity contribution in [1.29, 1.82) is 5.26 Å². The predicted octanol–water partition coefficient (Wildman–Crippen LogP) is 3.71. The summed E-state index contributed by atoms with van der Waals surface area (Å²) < 4.78 is 39.9.